The molecule has 1 atom stereocenters. The van der Waals surface area contributed by atoms with Crippen molar-refractivity contribution in [2.45, 2.75) is 25.8 Å². The van der Waals surface area contributed by atoms with Crippen LogP contribution in [0.1, 0.15) is 17.8 Å². The lowest BCUT2D eigenvalue weighted by Gasteiger charge is -2.08. The van der Waals surface area contributed by atoms with Crippen LogP contribution in [0.5, 0.6) is 0 Å². The molecule has 0 fully saturated rings. The zero-order chi connectivity index (χ0) is 12.1. The second-order valence-corrected chi connectivity index (χ2v) is 4.34. The zero-order valence-electron chi connectivity index (χ0n) is 8.64. The molecule has 1 heterocycles. The highest BCUT2D eigenvalue weighted by Gasteiger charge is 2.16. The summed E-state index contributed by atoms with van der Waals surface area (Å²) in [5.41, 5.74) is 5.50. The van der Waals surface area contributed by atoms with E-state index in [-0.39, 0.29) is 12.8 Å². The first kappa shape index (κ1) is 12.5. The average Bonchev–Trinajstić information content (AvgIpc) is 2.60. The minimum Gasteiger partial charge on any atom is -0.481 e. The number of carbonyl (C=O) groups excluding carboxylic acids is 1. The molecule has 0 aliphatic carbocycles. The van der Waals surface area contributed by atoms with Gasteiger partial charge in [-0.25, -0.2) is 0 Å². The Kier molecular flexibility index (Phi) is 4.32. The summed E-state index contributed by atoms with van der Waals surface area (Å²) in [6, 6.07) is -0.847. The molecule has 88 valence electrons. The third-order valence-electron chi connectivity index (χ3n) is 1.76. The van der Waals surface area contributed by atoms with Gasteiger partial charge in [-0.1, -0.05) is 11.3 Å². The van der Waals surface area contributed by atoms with E-state index in [1.807, 2.05) is 0 Å². The molecule has 0 saturated carbocycles. The molecule has 0 aliphatic heterocycles. The molecule has 1 rings (SSSR count). The Labute approximate surface area is 95.7 Å². The van der Waals surface area contributed by atoms with E-state index < -0.39 is 17.9 Å². The van der Waals surface area contributed by atoms with Gasteiger partial charge in [-0.05, 0) is 13.3 Å². The second-order valence-electron chi connectivity index (χ2n) is 3.15. The fraction of sp³-hybridized carbons (Fsp3) is 0.500. The number of nitrogens with two attached hydrogens (primary N) is 1. The van der Waals surface area contributed by atoms with Gasteiger partial charge in [-0.2, -0.15) is 0 Å². The highest BCUT2D eigenvalue weighted by Crippen LogP contribution is 2.13. The molecule has 1 unspecified atom stereocenters. The number of aryl methyl sites for hydroxylation is 1. The SMILES string of the molecule is Cc1nnc(NC(=O)C(N)CCC(=O)O)s1. The minimum absolute atomic E-state index is 0.0962. The van der Waals surface area contributed by atoms with Crippen molar-refractivity contribution in [3.63, 3.8) is 0 Å². The number of aliphatic carboxylic acids is 1. The summed E-state index contributed by atoms with van der Waals surface area (Å²) in [5.74, 6) is -1.42. The molecule has 7 nitrogen and oxygen atoms in total. The lowest BCUT2D eigenvalue weighted by molar-refractivity contribution is -0.137. The fourth-order valence-electron chi connectivity index (χ4n) is 0.955. The Bertz CT molecular complexity index is 392. The van der Waals surface area contributed by atoms with Gasteiger partial charge in [0.1, 0.15) is 5.01 Å². The first-order chi connectivity index (χ1) is 7.49. The monoisotopic (exact) mass is 244 g/mol. The molecule has 1 aromatic heterocycles. The number of rotatable bonds is 5. The summed E-state index contributed by atoms with van der Waals surface area (Å²) in [4.78, 5) is 21.7. The topological polar surface area (TPSA) is 118 Å². The van der Waals surface area contributed by atoms with Crippen molar-refractivity contribution >= 4 is 28.3 Å². The highest BCUT2D eigenvalue weighted by atomic mass is 32.1. The second kappa shape index (κ2) is 5.52. The van der Waals surface area contributed by atoms with Crippen molar-refractivity contribution in [3.8, 4) is 0 Å². The first-order valence-electron chi connectivity index (χ1n) is 4.57. The summed E-state index contributed by atoms with van der Waals surface area (Å²) in [6.45, 7) is 1.76. The van der Waals surface area contributed by atoms with Gasteiger partial charge in [0.15, 0.2) is 0 Å². The van der Waals surface area contributed by atoms with Crippen LogP contribution in [0.25, 0.3) is 0 Å². The van der Waals surface area contributed by atoms with Gasteiger partial charge in [0.25, 0.3) is 0 Å². The molecular weight excluding hydrogens is 232 g/mol. The molecule has 1 amide bonds. The molecule has 0 bridgehead atoms. The average molecular weight is 244 g/mol. The largest absolute Gasteiger partial charge is 0.481 e. The fourth-order valence-corrected chi connectivity index (χ4v) is 1.55. The third kappa shape index (κ3) is 3.91. The number of nitrogens with one attached hydrogen (secondary N) is 1. The van der Waals surface area contributed by atoms with Crippen LogP contribution in [0.4, 0.5) is 5.13 Å². The van der Waals surface area contributed by atoms with E-state index in [2.05, 4.69) is 15.5 Å². The lowest BCUT2D eigenvalue weighted by Crippen LogP contribution is -2.36. The van der Waals surface area contributed by atoms with E-state index >= 15 is 0 Å². The van der Waals surface area contributed by atoms with Crippen molar-refractivity contribution in [1.29, 1.82) is 0 Å². The predicted molar refractivity (Wildman–Crippen MR) is 58.1 cm³/mol. The number of carboxylic acid groups (broad SMARTS) is 1. The summed E-state index contributed by atoms with van der Waals surface area (Å²) >= 11 is 1.23. The Morgan fingerprint density at radius 2 is 2.25 bits per heavy atom. The number of carboxylic acids is 1. The molecule has 1 aromatic rings. The van der Waals surface area contributed by atoms with Gasteiger partial charge < -0.3 is 10.8 Å². The van der Waals surface area contributed by atoms with Gasteiger partial charge in [0, 0.05) is 6.42 Å². The summed E-state index contributed by atoms with van der Waals surface area (Å²) < 4.78 is 0. The van der Waals surface area contributed by atoms with Crippen LogP contribution >= 0.6 is 11.3 Å². The number of carbonyl (C=O) groups is 2. The molecule has 0 spiro atoms. The Morgan fingerprint density at radius 1 is 1.56 bits per heavy atom. The standard InChI is InChI=1S/C8H12N4O3S/c1-4-11-12-8(16-4)10-7(15)5(9)2-3-6(13)14/h5H,2-3,9H2,1H3,(H,13,14)(H,10,12,15). The zero-order valence-corrected chi connectivity index (χ0v) is 9.45. The van der Waals surface area contributed by atoms with E-state index in [9.17, 15) is 9.59 Å². The van der Waals surface area contributed by atoms with Crippen LogP contribution in [0, 0.1) is 6.92 Å². The van der Waals surface area contributed by atoms with Crippen LogP contribution in [-0.4, -0.2) is 33.2 Å². The molecular formula is C8H12N4O3S. The molecule has 0 aromatic carbocycles. The Hall–Kier alpha value is -1.54. The lowest BCUT2D eigenvalue weighted by atomic mass is 10.1. The number of anilines is 1. The maximum absolute atomic E-state index is 11.4. The van der Waals surface area contributed by atoms with Crippen LogP contribution < -0.4 is 11.1 Å². The normalized spacial score (nSPS) is 12.1. The van der Waals surface area contributed by atoms with Gasteiger partial charge >= 0.3 is 5.97 Å². The quantitative estimate of drug-likeness (QED) is 0.669. The molecule has 16 heavy (non-hydrogen) atoms. The number of hydrogen-bond donors (Lipinski definition) is 3. The third-order valence-corrected chi connectivity index (χ3v) is 2.52. The van der Waals surface area contributed by atoms with E-state index in [0.29, 0.717) is 5.13 Å². The van der Waals surface area contributed by atoms with Crippen LogP contribution in [0.2, 0.25) is 0 Å². The number of amides is 1. The summed E-state index contributed by atoms with van der Waals surface area (Å²) in [7, 11) is 0. The molecule has 0 saturated heterocycles. The van der Waals surface area contributed by atoms with Gasteiger partial charge in [0.2, 0.25) is 11.0 Å². The van der Waals surface area contributed by atoms with Crippen LogP contribution in [-0.2, 0) is 9.59 Å². The van der Waals surface area contributed by atoms with E-state index in [1.165, 1.54) is 11.3 Å². The summed E-state index contributed by atoms with van der Waals surface area (Å²) in [6.07, 6.45) is -0.0390. The smallest absolute Gasteiger partial charge is 0.303 e. The number of nitrogens with zero attached hydrogens (tertiary/aromatic N) is 2. The molecule has 0 radical (unpaired) electrons. The van der Waals surface area contributed by atoms with Crippen molar-refractivity contribution in [2.75, 3.05) is 5.32 Å². The number of aromatic nitrogens is 2. The minimum atomic E-state index is -0.977. The van der Waals surface area contributed by atoms with Crippen molar-refractivity contribution < 1.29 is 14.7 Å². The van der Waals surface area contributed by atoms with Crippen LogP contribution in [0.3, 0.4) is 0 Å². The summed E-state index contributed by atoms with van der Waals surface area (Å²) in [5, 5.41) is 19.4. The maximum atomic E-state index is 11.4. The van der Waals surface area contributed by atoms with Gasteiger partial charge in [-0.3, -0.25) is 14.9 Å². The van der Waals surface area contributed by atoms with Crippen molar-refractivity contribution in [3.05, 3.63) is 5.01 Å². The molecule has 4 N–H and O–H groups in total. The molecule has 0 aliphatic rings. The first-order valence-corrected chi connectivity index (χ1v) is 5.39. The van der Waals surface area contributed by atoms with Gasteiger partial charge in [0.05, 0.1) is 6.04 Å². The van der Waals surface area contributed by atoms with Crippen LogP contribution in [0.15, 0.2) is 0 Å². The number of hydrogen-bond acceptors (Lipinski definition) is 6. The highest BCUT2D eigenvalue weighted by molar-refractivity contribution is 7.15. The van der Waals surface area contributed by atoms with E-state index in [4.69, 9.17) is 10.8 Å². The van der Waals surface area contributed by atoms with E-state index in [1.54, 1.807) is 6.92 Å². The van der Waals surface area contributed by atoms with Gasteiger partial charge in [-0.15, -0.1) is 10.2 Å². The van der Waals surface area contributed by atoms with E-state index in [0.717, 1.165) is 5.01 Å². The molecule has 8 heteroatoms. The van der Waals surface area contributed by atoms with Crippen molar-refractivity contribution in [1.82, 2.24) is 10.2 Å². The Morgan fingerprint density at radius 3 is 2.75 bits per heavy atom. The van der Waals surface area contributed by atoms with Crippen molar-refractivity contribution in [2.24, 2.45) is 5.73 Å². The Balaban J connectivity index is 2.42. The maximum Gasteiger partial charge on any atom is 0.303 e. The predicted octanol–water partition coefficient (Wildman–Crippen LogP) is -0.0229.